The van der Waals surface area contributed by atoms with E-state index in [0.717, 1.165) is 31.7 Å². The third-order valence-electron chi connectivity index (χ3n) is 3.98. The van der Waals surface area contributed by atoms with Crippen LogP contribution in [0.5, 0.6) is 0 Å². The van der Waals surface area contributed by atoms with Crippen LogP contribution < -0.4 is 10.6 Å². The molecule has 1 unspecified atom stereocenters. The first-order valence-electron chi connectivity index (χ1n) is 6.67. The number of nitrogens with two attached hydrogens (primary N) is 1. The third kappa shape index (κ3) is 2.27. The largest absolute Gasteiger partial charge is 0.354 e. The van der Waals surface area contributed by atoms with E-state index in [1.165, 1.54) is 25.0 Å². The molecule has 0 radical (unpaired) electrons. The molecule has 1 aliphatic carbocycles. The Morgan fingerprint density at radius 3 is 2.59 bits per heavy atom. The van der Waals surface area contributed by atoms with Crippen molar-refractivity contribution < 1.29 is 0 Å². The maximum absolute atomic E-state index is 5.98. The standard InChI is InChI=1S/C13H20N4/c14-11-5-2-8-17(9-11)13-7-6-12(15-16-13)10-3-1-4-10/h6-7,10-11H,1-5,8-9,14H2. The first-order valence-corrected chi connectivity index (χ1v) is 6.67. The zero-order valence-corrected chi connectivity index (χ0v) is 10.2. The van der Waals surface area contributed by atoms with Gasteiger partial charge in [0.2, 0.25) is 0 Å². The summed E-state index contributed by atoms with van der Waals surface area (Å²) in [5.41, 5.74) is 7.15. The van der Waals surface area contributed by atoms with E-state index < -0.39 is 0 Å². The summed E-state index contributed by atoms with van der Waals surface area (Å²) in [6, 6.07) is 4.54. The van der Waals surface area contributed by atoms with Crippen LogP contribution >= 0.6 is 0 Å². The molecule has 0 amide bonds. The first-order chi connectivity index (χ1) is 8.33. The summed E-state index contributed by atoms with van der Waals surface area (Å²) in [5, 5.41) is 8.73. The summed E-state index contributed by atoms with van der Waals surface area (Å²) >= 11 is 0. The highest BCUT2D eigenvalue weighted by atomic mass is 15.3. The molecule has 1 atom stereocenters. The Morgan fingerprint density at radius 2 is 2.00 bits per heavy atom. The minimum Gasteiger partial charge on any atom is -0.354 e. The molecule has 2 fully saturated rings. The lowest BCUT2D eigenvalue weighted by atomic mass is 9.83. The van der Waals surface area contributed by atoms with Gasteiger partial charge in [0, 0.05) is 25.0 Å². The third-order valence-corrected chi connectivity index (χ3v) is 3.98. The molecule has 4 nitrogen and oxygen atoms in total. The van der Waals surface area contributed by atoms with E-state index in [1.54, 1.807) is 0 Å². The molecule has 3 rings (SSSR count). The Labute approximate surface area is 102 Å². The van der Waals surface area contributed by atoms with E-state index in [4.69, 9.17) is 5.73 Å². The Hall–Kier alpha value is -1.16. The Balaban J connectivity index is 1.70. The number of aromatic nitrogens is 2. The number of rotatable bonds is 2. The summed E-state index contributed by atoms with van der Waals surface area (Å²) in [6.45, 7) is 1.97. The SMILES string of the molecule is NC1CCCN(c2ccc(C3CCC3)nn2)C1. The lowest BCUT2D eigenvalue weighted by Gasteiger charge is -2.31. The van der Waals surface area contributed by atoms with Gasteiger partial charge < -0.3 is 10.6 Å². The zero-order chi connectivity index (χ0) is 11.7. The second-order valence-electron chi connectivity index (χ2n) is 5.29. The fourth-order valence-electron chi connectivity index (χ4n) is 2.64. The topological polar surface area (TPSA) is 55.0 Å². The molecule has 17 heavy (non-hydrogen) atoms. The average molecular weight is 232 g/mol. The minimum atomic E-state index is 0.289. The summed E-state index contributed by atoms with van der Waals surface area (Å²) in [5.74, 6) is 1.66. The zero-order valence-electron chi connectivity index (χ0n) is 10.2. The molecule has 1 saturated carbocycles. The van der Waals surface area contributed by atoms with Crippen LogP contribution in [0.3, 0.4) is 0 Å². The van der Waals surface area contributed by atoms with Gasteiger partial charge in [0.15, 0.2) is 5.82 Å². The molecule has 2 aliphatic rings. The minimum absolute atomic E-state index is 0.289. The first kappa shape index (κ1) is 11.0. The number of hydrogen-bond acceptors (Lipinski definition) is 4. The van der Waals surface area contributed by atoms with E-state index in [2.05, 4.69) is 27.2 Å². The predicted octanol–water partition coefficient (Wildman–Crippen LogP) is 1.67. The molecule has 0 bridgehead atoms. The lowest BCUT2D eigenvalue weighted by molar-refractivity contribution is 0.407. The van der Waals surface area contributed by atoms with Gasteiger partial charge in [-0.1, -0.05) is 6.42 Å². The van der Waals surface area contributed by atoms with Gasteiger partial charge in [-0.25, -0.2) is 0 Å². The Kier molecular flexibility index (Phi) is 2.97. The molecule has 2 N–H and O–H groups in total. The van der Waals surface area contributed by atoms with Gasteiger partial charge in [-0.05, 0) is 37.8 Å². The van der Waals surface area contributed by atoms with E-state index in [0.29, 0.717) is 5.92 Å². The van der Waals surface area contributed by atoms with Crippen molar-refractivity contribution in [1.82, 2.24) is 10.2 Å². The highest BCUT2D eigenvalue weighted by Crippen LogP contribution is 2.35. The van der Waals surface area contributed by atoms with Gasteiger partial charge in [0.1, 0.15) is 0 Å². The molecule has 1 aromatic heterocycles. The van der Waals surface area contributed by atoms with Crippen LogP contribution in [0.25, 0.3) is 0 Å². The maximum Gasteiger partial charge on any atom is 0.151 e. The number of piperidine rings is 1. The summed E-state index contributed by atoms with van der Waals surface area (Å²) in [7, 11) is 0. The molecule has 1 saturated heterocycles. The van der Waals surface area contributed by atoms with Crippen molar-refractivity contribution in [1.29, 1.82) is 0 Å². The van der Waals surface area contributed by atoms with Crippen LogP contribution in [-0.2, 0) is 0 Å². The van der Waals surface area contributed by atoms with E-state index in [-0.39, 0.29) is 6.04 Å². The van der Waals surface area contributed by atoms with Gasteiger partial charge in [0.25, 0.3) is 0 Å². The van der Waals surface area contributed by atoms with Crippen LogP contribution in [0.1, 0.15) is 43.7 Å². The molecule has 0 spiro atoms. The monoisotopic (exact) mass is 232 g/mol. The molecule has 4 heteroatoms. The molecule has 2 heterocycles. The van der Waals surface area contributed by atoms with Crippen molar-refractivity contribution >= 4 is 5.82 Å². The van der Waals surface area contributed by atoms with E-state index in [1.807, 2.05) is 0 Å². The second kappa shape index (κ2) is 4.61. The molecule has 1 aliphatic heterocycles. The van der Waals surface area contributed by atoms with Crippen molar-refractivity contribution in [3.63, 3.8) is 0 Å². The van der Waals surface area contributed by atoms with Crippen molar-refractivity contribution in [2.75, 3.05) is 18.0 Å². The molecule has 92 valence electrons. The fraction of sp³-hybridized carbons (Fsp3) is 0.692. The normalized spacial score (nSPS) is 25.7. The van der Waals surface area contributed by atoms with Crippen LogP contribution in [0.2, 0.25) is 0 Å². The van der Waals surface area contributed by atoms with Crippen molar-refractivity contribution in [3.8, 4) is 0 Å². The quantitative estimate of drug-likeness (QED) is 0.842. The van der Waals surface area contributed by atoms with Crippen LogP contribution in [0.4, 0.5) is 5.82 Å². The van der Waals surface area contributed by atoms with E-state index in [9.17, 15) is 0 Å². The molecule has 1 aromatic rings. The summed E-state index contributed by atoms with van der Waals surface area (Å²) < 4.78 is 0. The average Bonchev–Trinajstić information content (AvgIpc) is 2.28. The fourth-order valence-corrected chi connectivity index (χ4v) is 2.64. The van der Waals surface area contributed by atoms with Crippen LogP contribution in [-0.4, -0.2) is 29.3 Å². The van der Waals surface area contributed by atoms with Crippen LogP contribution in [0, 0.1) is 0 Å². The lowest BCUT2D eigenvalue weighted by Crippen LogP contribution is -2.43. The van der Waals surface area contributed by atoms with Gasteiger partial charge in [-0.15, -0.1) is 5.10 Å². The number of nitrogens with zero attached hydrogens (tertiary/aromatic N) is 3. The van der Waals surface area contributed by atoms with Gasteiger partial charge >= 0.3 is 0 Å². The highest BCUT2D eigenvalue weighted by Gasteiger charge is 2.22. The predicted molar refractivity (Wildman–Crippen MR) is 68.0 cm³/mol. The molecule has 0 aromatic carbocycles. The van der Waals surface area contributed by atoms with Crippen molar-refractivity contribution in [3.05, 3.63) is 17.8 Å². The maximum atomic E-state index is 5.98. The smallest absolute Gasteiger partial charge is 0.151 e. The number of hydrogen-bond donors (Lipinski definition) is 1. The molecular formula is C13H20N4. The van der Waals surface area contributed by atoms with Gasteiger partial charge in [-0.3, -0.25) is 0 Å². The van der Waals surface area contributed by atoms with Gasteiger partial charge in [0.05, 0.1) is 5.69 Å². The Morgan fingerprint density at radius 1 is 1.12 bits per heavy atom. The Bertz CT molecular complexity index is 372. The van der Waals surface area contributed by atoms with E-state index >= 15 is 0 Å². The summed E-state index contributed by atoms with van der Waals surface area (Å²) in [4.78, 5) is 2.26. The van der Waals surface area contributed by atoms with Gasteiger partial charge in [-0.2, -0.15) is 5.10 Å². The van der Waals surface area contributed by atoms with Crippen molar-refractivity contribution in [2.24, 2.45) is 5.73 Å². The molecular weight excluding hydrogens is 212 g/mol. The summed E-state index contributed by atoms with van der Waals surface area (Å²) in [6.07, 6.45) is 6.19. The van der Waals surface area contributed by atoms with Crippen LogP contribution in [0.15, 0.2) is 12.1 Å². The number of anilines is 1. The highest BCUT2D eigenvalue weighted by molar-refractivity contribution is 5.38. The van der Waals surface area contributed by atoms with Crippen molar-refractivity contribution in [2.45, 2.75) is 44.1 Å². The second-order valence-corrected chi connectivity index (χ2v) is 5.29.